The van der Waals surface area contributed by atoms with Crippen LogP contribution < -0.4 is 14.8 Å². The first kappa shape index (κ1) is 17.8. The zero-order valence-corrected chi connectivity index (χ0v) is 14.4. The molecule has 2 aromatic carbocycles. The third-order valence-corrected chi connectivity index (χ3v) is 3.77. The quantitative estimate of drug-likeness (QED) is 0.855. The highest BCUT2D eigenvalue weighted by Gasteiger charge is 2.18. The molecule has 0 aromatic heterocycles. The van der Waals surface area contributed by atoms with E-state index in [9.17, 15) is 9.90 Å². The summed E-state index contributed by atoms with van der Waals surface area (Å²) in [5, 5.41) is 12.8. The lowest BCUT2D eigenvalue weighted by Crippen LogP contribution is -2.24. The van der Waals surface area contributed by atoms with Crippen molar-refractivity contribution in [1.29, 1.82) is 0 Å². The Morgan fingerprint density at radius 2 is 1.58 bits per heavy atom. The number of nitrogens with one attached hydrogen (secondary N) is 1. The van der Waals surface area contributed by atoms with Crippen LogP contribution in [0.15, 0.2) is 42.5 Å². The number of amides is 1. The second-order valence-electron chi connectivity index (χ2n) is 5.98. The van der Waals surface area contributed by atoms with Crippen LogP contribution in [0.4, 0.5) is 0 Å². The summed E-state index contributed by atoms with van der Waals surface area (Å²) in [7, 11) is 3.03. The largest absolute Gasteiger partial charge is 0.496 e. The smallest absolute Gasteiger partial charge is 0.259 e. The van der Waals surface area contributed by atoms with E-state index in [4.69, 9.17) is 9.47 Å². The molecule has 2 aromatic rings. The van der Waals surface area contributed by atoms with Crippen molar-refractivity contribution in [1.82, 2.24) is 5.32 Å². The minimum atomic E-state index is -0.882. The molecule has 0 bridgehead atoms. The van der Waals surface area contributed by atoms with Crippen LogP contribution in [0, 0.1) is 0 Å². The molecule has 1 amide bonds. The van der Waals surface area contributed by atoms with E-state index in [2.05, 4.69) is 5.32 Å². The lowest BCUT2D eigenvalue weighted by atomic mass is 9.97. The van der Waals surface area contributed by atoms with Crippen molar-refractivity contribution >= 4 is 5.91 Å². The summed E-state index contributed by atoms with van der Waals surface area (Å²) in [4.78, 5) is 12.5. The molecule has 0 aliphatic heterocycles. The first-order valence-corrected chi connectivity index (χ1v) is 7.67. The first-order valence-electron chi connectivity index (χ1n) is 7.67. The third-order valence-electron chi connectivity index (χ3n) is 3.77. The molecule has 2 rings (SSSR count). The van der Waals surface area contributed by atoms with E-state index in [1.54, 1.807) is 32.0 Å². The molecule has 0 radical (unpaired) electrons. The van der Waals surface area contributed by atoms with Crippen molar-refractivity contribution < 1.29 is 19.4 Å². The predicted octanol–water partition coefficient (Wildman–Crippen LogP) is 2.86. The Balaban J connectivity index is 2.11. The number of ether oxygens (including phenoxy) is 2. The second kappa shape index (κ2) is 7.36. The van der Waals surface area contributed by atoms with Crippen molar-refractivity contribution in [3.8, 4) is 11.5 Å². The minimum absolute atomic E-state index is 0.268. The lowest BCUT2D eigenvalue weighted by Gasteiger charge is -2.18. The molecule has 0 spiro atoms. The van der Waals surface area contributed by atoms with Gasteiger partial charge in [-0.25, -0.2) is 0 Å². The molecule has 0 aliphatic carbocycles. The summed E-state index contributed by atoms with van der Waals surface area (Å²) in [6.45, 7) is 3.83. The Bertz CT molecular complexity index is 680. The van der Waals surface area contributed by atoms with E-state index in [1.807, 2.05) is 24.3 Å². The molecular formula is C19H23NO4. The molecule has 0 unspecified atom stereocenters. The summed E-state index contributed by atoms with van der Waals surface area (Å²) >= 11 is 0. The third kappa shape index (κ3) is 4.06. The first-order chi connectivity index (χ1) is 11.4. The fourth-order valence-corrected chi connectivity index (χ4v) is 2.38. The average Bonchev–Trinajstić information content (AvgIpc) is 2.58. The number of carbonyl (C=O) groups is 1. The zero-order valence-electron chi connectivity index (χ0n) is 14.4. The number of rotatable bonds is 6. The summed E-state index contributed by atoms with van der Waals surface area (Å²) in [6, 6.07) is 12.7. The normalized spacial score (nSPS) is 11.0. The maximum Gasteiger partial charge on any atom is 0.259 e. The Kier molecular flexibility index (Phi) is 5.46. The van der Waals surface area contributed by atoms with E-state index < -0.39 is 5.60 Å². The topological polar surface area (TPSA) is 67.8 Å². The SMILES string of the molecule is COc1cccc(OC)c1C(=O)NCc1ccc(C(C)(C)O)cc1. The van der Waals surface area contributed by atoms with Gasteiger partial charge in [-0.1, -0.05) is 30.3 Å². The van der Waals surface area contributed by atoms with E-state index >= 15 is 0 Å². The molecule has 5 nitrogen and oxygen atoms in total. The van der Waals surface area contributed by atoms with E-state index in [0.29, 0.717) is 23.6 Å². The van der Waals surface area contributed by atoms with Crippen LogP contribution in [0.1, 0.15) is 35.3 Å². The maximum atomic E-state index is 12.5. The lowest BCUT2D eigenvalue weighted by molar-refractivity contribution is 0.0785. The average molecular weight is 329 g/mol. The number of carbonyl (C=O) groups excluding carboxylic acids is 1. The fraction of sp³-hybridized carbons (Fsp3) is 0.316. The summed E-state index contributed by atoms with van der Waals surface area (Å²) in [5.41, 5.74) is 1.25. The van der Waals surface area contributed by atoms with Gasteiger partial charge in [-0.05, 0) is 37.1 Å². The summed E-state index contributed by atoms with van der Waals surface area (Å²) in [5.74, 6) is 0.657. The van der Waals surface area contributed by atoms with Crippen LogP contribution in [0.25, 0.3) is 0 Å². The van der Waals surface area contributed by atoms with E-state index in [-0.39, 0.29) is 5.91 Å². The van der Waals surface area contributed by atoms with E-state index in [1.165, 1.54) is 14.2 Å². The molecule has 5 heteroatoms. The number of hydrogen-bond donors (Lipinski definition) is 2. The monoisotopic (exact) mass is 329 g/mol. The minimum Gasteiger partial charge on any atom is -0.496 e. The molecule has 0 saturated carbocycles. The number of methoxy groups -OCH3 is 2. The van der Waals surface area contributed by atoms with Crippen molar-refractivity contribution in [3.63, 3.8) is 0 Å². The molecule has 0 atom stereocenters. The molecule has 0 saturated heterocycles. The van der Waals surface area contributed by atoms with Gasteiger partial charge in [-0.15, -0.1) is 0 Å². The van der Waals surface area contributed by atoms with Crippen LogP contribution in [-0.4, -0.2) is 25.2 Å². The van der Waals surface area contributed by atoms with Gasteiger partial charge in [0.05, 0.1) is 19.8 Å². The van der Waals surface area contributed by atoms with Crippen molar-refractivity contribution in [2.45, 2.75) is 26.0 Å². The standard InChI is InChI=1S/C19H23NO4/c1-19(2,22)14-10-8-13(9-11-14)12-20-18(21)17-15(23-3)6-5-7-16(17)24-4/h5-11,22H,12H2,1-4H3,(H,20,21). The van der Waals surface area contributed by atoms with Crippen molar-refractivity contribution in [2.24, 2.45) is 0 Å². The highest BCUT2D eigenvalue weighted by Crippen LogP contribution is 2.28. The Hall–Kier alpha value is -2.53. The van der Waals surface area contributed by atoms with Gasteiger partial charge in [0.2, 0.25) is 0 Å². The fourth-order valence-electron chi connectivity index (χ4n) is 2.38. The van der Waals surface area contributed by atoms with Crippen molar-refractivity contribution in [2.75, 3.05) is 14.2 Å². The molecule has 0 heterocycles. The van der Waals surface area contributed by atoms with Crippen LogP contribution in [-0.2, 0) is 12.1 Å². The highest BCUT2D eigenvalue weighted by atomic mass is 16.5. The van der Waals surface area contributed by atoms with E-state index in [0.717, 1.165) is 11.1 Å². The molecule has 128 valence electrons. The van der Waals surface area contributed by atoms with Gasteiger partial charge < -0.3 is 19.9 Å². The van der Waals surface area contributed by atoms with Crippen LogP contribution in [0.5, 0.6) is 11.5 Å². The van der Waals surface area contributed by atoms with Crippen LogP contribution in [0.3, 0.4) is 0 Å². The summed E-state index contributed by atoms with van der Waals surface area (Å²) < 4.78 is 10.5. The predicted molar refractivity (Wildman–Crippen MR) is 92.4 cm³/mol. The van der Waals surface area contributed by atoms with Gasteiger partial charge in [0.1, 0.15) is 17.1 Å². The van der Waals surface area contributed by atoms with Gasteiger partial charge in [-0.2, -0.15) is 0 Å². The van der Waals surface area contributed by atoms with Crippen LogP contribution >= 0.6 is 0 Å². The van der Waals surface area contributed by atoms with Gasteiger partial charge >= 0.3 is 0 Å². The highest BCUT2D eigenvalue weighted by molar-refractivity contribution is 5.99. The van der Waals surface area contributed by atoms with Gasteiger partial charge in [0.25, 0.3) is 5.91 Å². The molecule has 24 heavy (non-hydrogen) atoms. The maximum absolute atomic E-state index is 12.5. The number of benzene rings is 2. The van der Waals surface area contributed by atoms with Gasteiger partial charge in [0, 0.05) is 6.54 Å². The Morgan fingerprint density at radius 1 is 1.04 bits per heavy atom. The van der Waals surface area contributed by atoms with Gasteiger partial charge in [0.15, 0.2) is 0 Å². The number of hydrogen-bond acceptors (Lipinski definition) is 4. The molecule has 0 aliphatic rings. The zero-order chi connectivity index (χ0) is 17.7. The molecule has 2 N–H and O–H groups in total. The number of aliphatic hydroxyl groups is 1. The molecular weight excluding hydrogens is 306 g/mol. The Morgan fingerprint density at radius 3 is 2.04 bits per heavy atom. The molecule has 0 fully saturated rings. The van der Waals surface area contributed by atoms with Crippen LogP contribution in [0.2, 0.25) is 0 Å². The van der Waals surface area contributed by atoms with Gasteiger partial charge in [-0.3, -0.25) is 4.79 Å². The van der Waals surface area contributed by atoms with Crippen molar-refractivity contribution in [3.05, 3.63) is 59.2 Å². The summed E-state index contributed by atoms with van der Waals surface area (Å²) in [6.07, 6.45) is 0. The Labute approximate surface area is 142 Å². The second-order valence-corrected chi connectivity index (χ2v) is 5.98.